The highest BCUT2D eigenvalue weighted by Gasteiger charge is 2.24. The maximum Gasteiger partial charge on any atom is 0.122 e. The van der Waals surface area contributed by atoms with Crippen molar-refractivity contribution in [3.63, 3.8) is 0 Å². The van der Waals surface area contributed by atoms with E-state index in [1.165, 1.54) is 37.7 Å². The van der Waals surface area contributed by atoms with Crippen molar-refractivity contribution in [2.24, 2.45) is 0 Å². The van der Waals surface area contributed by atoms with Crippen LogP contribution in [-0.4, -0.2) is 24.0 Å². The van der Waals surface area contributed by atoms with Gasteiger partial charge in [-0.1, -0.05) is 6.42 Å². The van der Waals surface area contributed by atoms with Crippen LogP contribution >= 0.6 is 0 Å². The lowest BCUT2D eigenvalue weighted by Crippen LogP contribution is -2.36. The molecule has 0 radical (unpaired) electrons. The maximum atomic E-state index is 5.59. The highest BCUT2D eigenvalue weighted by atomic mass is 16.3. The largest absolute Gasteiger partial charge is 0.468 e. The standard InChI is InChI=1S/C14H22N2O/c1-16(13-3-2-4-13)10-11-7-8-17-14(11)9-15-12-5-6-12/h7-8,12-13,15H,2-6,9-10H2,1H3. The minimum atomic E-state index is 0.748. The van der Waals surface area contributed by atoms with Crippen LogP contribution in [0.1, 0.15) is 43.4 Å². The van der Waals surface area contributed by atoms with Gasteiger partial charge in [-0.15, -0.1) is 0 Å². The van der Waals surface area contributed by atoms with E-state index in [2.05, 4.69) is 23.3 Å². The minimum Gasteiger partial charge on any atom is -0.468 e. The molecule has 2 aliphatic carbocycles. The van der Waals surface area contributed by atoms with Crippen molar-refractivity contribution in [2.75, 3.05) is 7.05 Å². The third kappa shape index (κ3) is 2.72. The summed E-state index contributed by atoms with van der Waals surface area (Å²) in [6.45, 7) is 1.92. The summed E-state index contributed by atoms with van der Waals surface area (Å²) in [5.74, 6) is 1.13. The van der Waals surface area contributed by atoms with Crippen LogP contribution in [0, 0.1) is 0 Å². The molecule has 1 aromatic rings. The van der Waals surface area contributed by atoms with Crippen LogP contribution in [-0.2, 0) is 13.1 Å². The van der Waals surface area contributed by atoms with E-state index in [0.29, 0.717) is 0 Å². The van der Waals surface area contributed by atoms with E-state index in [0.717, 1.165) is 30.9 Å². The van der Waals surface area contributed by atoms with Crippen molar-refractivity contribution >= 4 is 0 Å². The van der Waals surface area contributed by atoms with Gasteiger partial charge in [-0.3, -0.25) is 4.90 Å². The zero-order valence-electron chi connectivity index (χ0n) is 10.6. The van der Waals surface area contributed by atoms with E-state index in [1.54, 1.807) is 0 Å². The van der Waals surface area contributed by atoms with E-state index < -0.39 is 0 Å². The van der Waals surface area contributed by atoms with Gasteiger partial charge in [-0.25, -0.2) is 0 Å². The van der Waals surface area contributed by atoms with Gasteiger partial charge >= 0.3 is 0 Å². The SMILES string of the molecule is CN(Cc1ccoc1CNC1CC1)C1CCC1. The number of nitrogens with one attached hydrogen (secondary N) is 1. The highest BCUT2D eigenvalue weighted by molar-refractivity contribution is 5.17. The molecule has 0 saturated heterocycles. The second-order valence-corrected chi connectivity index (χ2v) is 5.52. The molecule has 1 N–H and O–H groups in total. The molecular formula is C14H22N2O. The molecule has 94 valence electrons. The summed E-state index contributed by atoms with van der Waals surface area (Å²) < 4.78 is 5.59. The van der Waals surface area contributed by atoms with Gasteiger partial charge in [-0.2, -0.15) is 0 Å². The third-order valence-electron chi connectivity index (χ3n) is 4.08. The molecule has 0 amide bonds. The lowest BCUT2D eigenvalue weighted by molar-refractivity contribution is 0.152. The van der Waals surface area contributed by atoms with Gasteiger partial charge in [0.05, 0.1) is 12.8 Å². The van der Waals surface area contributed by atoms with Crippen molar-refractivity contribution in [3.05, 3.63) is 23.7 Å². The molecule has 0 atom stereocenters. The van der Waals surface area contributed by atoms with Gasteiger partial charge in [0, 0.05) is 24.2 Å². The fourth-order valence-corrected chi connectivity index (χ4v) is 2.41. The Morgan fingerprint density at radius 3 is 2.82 bits per heavy atom. The van der Waals surface area contributed by atoms with Crippen LogP contribution < -0.4 is 5.32 Å². The first-order valence-electron chi connectivity index (χ1n) is 6.82. The van der Waals surface area contributed by atoms with Crippen LogP contribution in [0.2, 0.25) is 0 Å². The molecule has 3 rings (SSSR count). The summed E-state index contributed by atoms with van der Waals surface area (Å²) in [5, 5.41) is 3.52. The molecule has 2 saturated carbocycles. The second kappa shape index (κ2) is 4.83. The molecule has 17 heavy (non-hydrogen) atoms. The maximum absolute atomic E-state index is 5.59. The monoisotopic (exact) mass is 234 g/mol. The first kappa shape index (κ1) is 11.3. The Morgan fingerprint density at radius 1 is 1.35 bits per heavy atom. The number of hydrogen-bond acceptors (Lipinski definition) is 3. The average Bonchev–Trinajstić information content (AvgIpc) is 2.95. The normalized spacial score (nSPS) is 20.8. The highest BCUT2D eigenvalue weighted by Crippen LogP contribution is 2.26. The minimum absolute atomic E-state index is 0.748. The van der Waals surface area contributed by atoms with Crippen molar-refractivity contribution < 1.29 is 4.42 Å². The molecule has 3 heteroatoms. The van der Waals surface area contributed by atoms with Gasteiger partial charge in [0.1, 0.15) is 5.76 Å². The first-order valence-corrected chi connectivity index (χ1v) is 6.82. The Morgan fingerprint density at radius 2 is 2.18 bits per heavy atom. The van der Waals surface area contributed by atoms with E-state index >= 15 is 0 Å². The predicted molar refractivity (Wildman–Crippen MR) is 67.7 cm³/mol. The van der Waals surface area contributed by atoms with Crippen molar-refractivity contribution in [3.8, 4) is 0 Å². The Bertz CT molecular complexity index is 366. The lowest BCUT2D eigenvalue weighted by atomic mass is 9.91. The van der Waals surface area contributed by atoms with Crippen molar-refractivity contribution in [1.29, 1.82) is 0 Å². The summed E-state index contributed by atoms with van der Waals surface area (Å²) in [5.41, 5.74) is 1.35. The molecule has 1 heterocycles. The van der Waals surface area contributed by atoms with Gasteiger partial charge in [0.2, 0.25) is 0 Å². The lowest BCUT2D eigenvalue weighted by Gasteiger charge is -2.34. The number of nitrogens with zero attached hydrogens (tertiary/aromatic N) is 1. The van der Waals surface area contributed by atoms with Crippen molar-refractivity contribution in [1.82, 2.24) is 10.2 Å². The predicted octanol–water partition coefficient (Wildman–Crippen LogP) is 2.52. The van der Waals surface area contributed by atoms with E-state index in [4.69, 9.17) is 4.42 Å². The van der Waals surface area contributed by atoms with Gasteiger partial charge < -0.3 is 9.73 Å². The van der Waals surface area contributed by atoms with Crippen LogP contribution in [0.4, 0.5) is 0 Å². The van der Waals surface area contributed by atoms with E-state index in [9.17, 15) is 0 Å². The van der Waals surface area contributed by atoms with Gasteiger partial charge in [0.25, 0.3) is 0 Å². The first-order chi connectivity index (χ1) is 8.33. The summed E-state index contributed by atoms with van der Waals surface area (Å²) in [6.07, 6.45) is 8.62. The Labute approximate surface area is 103 Å². The Hall–Kier alpha value is -0.800. The quantitative estimate of drug-likeness (QED) is 0.820. The molecule has 2 aliphatic rings. The molecule has 2 fully saturated rings. The molecular weight excluding hydrogens is 212 g/mol. The number of furan rings is 1. The van der Waals surface area contributed by atoms with Crippen LogP contribution in [0.25, 0.3) is 0 Å². The fourth-order valence-electron chi connectivity index (χ4n) is 2.41. The molecule has 1 aromatic heterocycles. The smallest absolute Gasteiger partial charge is 0.122 e. The van der Waals surface area contributed by atoms with E-state index in [-0.39, 0.29) is 0 Å². The number of hydrogen-bond donors (Lipinski definition) is 1. The molecule has 0 aromatic carbocycles. The Balaban J connectivity index is 1.55. The van der Waals surface area contributed by atoms with Crippen LogP contribution in [0.5, 0.6) is 0 Å². The molecule has 0 aliphatic heterocycles. The van der Waals surface area contributed by atoms with Crippen molar-refractivity contribution in [2.45, 2.75) is 57.3 Å². The number of rotatable bonds is 6. The molecule has 3 nitrogen and oxygen atoms in total. The zero-order chi connectivity index (χ0) is 11.7. The summed E-state index contributed by atoms with van der Waals surface area (Å²) in [4.78, 5) is 2.47. The van der Waals surface area contributed by atoms with E-state index in [1.807, 2.05) is 6.26 Å². The Kier molecular flexibility index (Phi) is 3.21. The zero-order valence-corrected chi connectivity index (χ0v) is 10.6. The average molecular weight is 234 g/mol. The molecule has 0 unspecified atom stereocenters. The van der Waals surface area contributed by atoms with Gasteiger partial charge in [0.15, 0.2) is 0 Å². The summed E-state index contributed by atoms with van der Waals surface area (Å²) in [7, 11) is 2.23. The van der Waals surface area contributed by atoms with Crippen LogP contribution in [0.15, 0.2) is 16.7 Å². The topological polar surface area (TPSA) is 28.4 Å². The van der Waals surface area contributed by atoms with Crippen LogP contribution in [0.3, 0.4) is 0 Å². The third-order valence-corrected chi connectivity index (χ3v) is 4.08. The summed E-state index contributed by atoms with van der Waals surface area (Å²) in [6, 6.07) is 3.67. The molecule has 0 bridgehead atoms. The fraction of sp³-hybridized carbons (Fsp3) is 0.714. The second-order valence-electron chi connectivity index (χ2n) is 5.52. The summed E-state index contributed by atoms with van der Waals surface area (Å²) >= 11 is 0. The molecule has 0 spiro atoms. The van der Waals surface area contributed by atoms with Gasteiger partial charge in [-0.05, 0) is 38.8 Å².